The maximum absolute atomic E-state index is 11.8. The molecule has 0 saturated heterocycles. The van der Waals surface area contributed by atoms with Crippen molar-refractivity contribution in [1.82, 2.24) is 4.98 Å². The molecule has 0 aliphatic rings. The van der Waals surface area contributed by atoms with Crippen LogP contribution in [-0.2, 0) is 16.0 Å². The highest BCUT2D eigenvalue weighted by atomic mass is 16.5. The number of rotatable bonds is 6. The standard InChI is InChI=1S/C12H17NO2/c1-3-4-12(15-2)11(14)9-10-5-7-13-8-6-10/h5-8,12H,3-4,9H2,1-2H3. The molecule has 1 unspecified atom stereocenters. The Labute approximate surface area is 90.5 Å². The topological polar surface area (TPSA) is 39.2 Å². The van der Waals surface area contributed by atoms with Gasteiger partial charge in [0.25, 0.3) is 0 Å². The van der Waals surface area contributed by atoms with Crippen molar-refractivity contribution in [3.8, 4) is 0 Å². The molecule has 0 amide bonds. The smallest absolute Gasteiger partial charge is 0.165 e. The van der Waals surface area contributed by atoms with E-state index in [9.17, 15) is 4.79 Å². The summed E-state index contributed by atoms with van der Waals surface area (Å²) in [5, 5.41) is 0. The molecular formula is C12H17NO2. The summed E-state index contributed by atoms with van der Waals surface area (Å²) in [6, 6.07) is 3.72. The molecule has 1 aromatic rings. The minimum atomic E-state index is -0.261. The van der Waals surface area contributed by atoms with Crippen molar-refractivity contribution in [2.24, 2.45) is 0 Å². The Balaban J connectivity index is 2.54. The molecule has 0 saturated carbocycles. The highest BCUT2D eigenvalue weighted by Gasteiger charge is 2.16. The molecule has 0 spiro atoms. The van der Waals surface area contributed by atoms with Crippen LogP contribution in [-0.4, -0.2) is 24.0 Å². The summed E-state index contributed by atoms with van der Waals surface area (Å²) in [5.41, 5.74) is 0.994. The number of hydrogen-bond acceptors (Lipinski definition) is 3. The summed E-state index contributed by atoms with van der Waals surface area (Å²) < 4.78 is 5.16. The zero-order chi connectivity index (χ0) is 11.1. The van der Waals surface area contributed by atoms with E-state index in [0.29, 0.717) is 6.42 Å². The molecule has 1 atom stereocenters. The van der Waals surface area contributed by atoms with Crippen LogP contribution >= 0.6 is 0 Å². The fraction of sp³-hybridized carbons (Fsp3) is 0.500. The van der Waals surface area contributed by atoms with Gasteiger partial charge in [0.1, 0.15) is 6.10 Å². The average molecular weight is 207 g/mol. The lowest BCUT2D eigenvalue weighted by Crippen LogP contribution is -2.24. The second-order valence-electron chi connectivity index (χ2n) is 3.51. The predicted octanol–water partition coefficient (Wildman–Crippen LogP) is 2.01. The predicted molar refractivity (Wildman–Crippen MR) is 58.7 cm³/mol. The van der Waals surface area contributed by atoms with E-state index in [1.807, 2.05) is 19.1 Å². The molecule has 0 aliphatic carbocycles. The number of nitrogens with zero attached hydrogens (tertiary/aromatic N) is 1. The minimum absolute atomic E-state index is 0.144. The molecule has 1 rings (SSSR count). The zero-order valence-electron chi connectivity index (χ0n) is 9.27. The lowest BCUT2D eigenvalue weighted by atomic mass is 10.0. The zero-order valence-corrected chi connectivity index (χ0v) is 9.27. The molecule has 0 aliphatic heterocycles. The molecule has 0 radical (unpaired) electrons. The van der Waals surface area contributed by atoms with E-state index in [4.69, 9.17) is 4.74 Å². The number of carbonyl (C=O) groups is 1. The molecule has 0 N–H and O–H groups in total. The SMILES string of the molecule is CCCC(OC)C(=O)Cc1ccncc1. The normalized spacial score (nSPS) is 12.4. The number of aromatic nitrogens is 1. The minimum Gasteiger partial charge on any atom is -0.374 e. The Morgan fingerprint density at radius 3 is 2.67 bits per heavy atom. The Morgan fingerprint density at radius 1 is 1.47 bits per heavy atom. The van der Waals surface area contributed by atoms with Crippen LogP contribution in [0.4, 0.5) is 0 Å². The van der Waals surface area contributed by atoms with E-state index in [-0.39, 0.29) is 11.9 Å². The molecule has 82 valence electrons. The molecule has 3 nitrogen and oxygen atoms in total. The Morgan fingerprint density at radius 2 is 2.13 bits per heavy atom. The van der Waals surface area contributed by atoms with E-state index >= 15 is 0 Å². The van der Waals surface area contributed by atoms with Crippen molar-refractivity contribution in [3.63, 3.8) is 0 Å². The van der Waals surface area contributed by atoms with Crippen LogP contribution in [0, 0.1) is 0 Å². The van der Waals surface area contributed by atoms with Gasteiger partial charge < -0.3 is 4.74 Å². The third-order valence-electron chi connectivity index (χ3n) is 2.32. The number of pyridine rings is 1. The van der Waals surface area contributed by atoms with Crippen LogP contribution in [0.15, 0.2) is 24.5 Å². The van der Waals surface area contributed by atoms with Crippen molar-refractivity contribution in [1.29, 1.82) is 0 Å². The molecular weight excluding hydrogens is 190 g/mol. The summed E-state index contributed by atoms with van der Waals surface area (Å²) in [5.74, 6) is 0.144. The van der Waals surface area contributed by atoms with Crippen molar-refractivity contribution in [3.05, 3.63) is 30.1 Å². The quantitative estimate of drug-likeness (QED) is 0.716. The first-order chi connectivity index (χ1) is 7.27. The van der Waals surface area contributed by atoms with Gasteiger partial charge in [-0.1, -0.05) is 13.3 Å². The van der Waals surface area contributed by atoms with E-state index in [2.05, 4.69) is 4.98 Å². The van der Waals surface area contributed by atoms with E-state index in [1.54, 1.807) is 19.5 Å². The Bertz CT molecular complexity index is 298. The number of hydrogen-bond donors (Lipinski definition) is 0. The van der Waals surface area contributed by atoms with Crippen LogP contribution in [0.3, 0.4) is 0 Å². The number of Topliss-reactive ketones (excluding diaryl/α,β-unsaturated/α-hetero) is 1. The van der Waals surface area contributed by atoms with Crippen LogP contribution in [0.5, 0.6) is 0 Å². The summed E-state index contributed by atoms with van der Waals surface area (Å²) in [6.45, 7) is 2.05. The van der Waals surface area contributed by atoms with Crippen molar-refractivity contribution >= 4 is 5.78 Å². The van der Waals surface area contributed by atoms with Gasteiger partial charge in [-0.2, -0.15) is 0 Å². The first-order valence-electron chi connectivity index (χ1n) is 5.22. The summed E-state index contributed by atoms with van der Waals surface area (Å²) >= 11 is 0. The largest absolute Gasteiger partial charge is 0.374 e. The van der Waals surface area contributed by atoms with Gasteiger partial charge in [0.15, 0.2) is 5.78 Å². The maximum atomic E-state index is 11.8. The number of ketones is 1. The maximum Gasteiger partial charge on any atom is 0.165 e. The van der Waals surface area contributed by atoms with E-state index in [1.165, 1.54) is 0 Å². The lowest BCUT2D eigenvalue weighted by Gasteiger charge is -2.12. The van der Waals surface area contributed by atoms with Crippen LogP contribution < -0.4 is 0 Å². The van der Waals surface area contributed by atoms with Gasteiger partial charge in [-0.05, 0) is 24.1 Å². The van der Waals surface area contributed by atoms with Gasteiger partial charge in [0.2, 0.25) is 0 Å². The summed E-state index contributed by atoms with van der Waals surface area (Å²) in [6.07, 6.45) is 5.32. The highest BCUT2D eigenvalue weighted by molar-refractivity contribution is 5.85. The van der Waals surface area contributed by atoms with Gasteiger partial charge in [-0.3, -0.25) is 9.78 Å². The lowest BCUT2D eigenvalue weighted by molar-refractivity contribution is -0.128. The van der Waals surface area contributed by atoms with Gasteiger partial charge in [0, 0.05) is 25.9 Å². The number of carbonyl (C=O) groups excluding carboxylic acids is 1. The molecule has 1 heterocycles. The average Bonchev–Trinajstić information content (AvgIpc) is 2.27. The fourth-order valence-corrected chi connectivity index (χ4v) is 1.49. The van der Waals surface area contributed by atoms with Crippen molar-refractivity contribution in [2.75, 3.05) is 7.11 Å². The fourth-order valence-electron chi connectivity index (χ4n) is 1.49. The first-order valence-corrected chi connectivity index (χ1v) is 5.22. The molecule has 0 aromatic carbocycles. The third-order valence-corrected chi connectivity index (χ3v) is 2.32. The van der Waals surface area contributed by atoms with Crippen LogP contribution in [0.1, 0.15) is 25.3 Å². The van der Waals surface area contributed by atoms with Gasteiger partial charge >= 0.3 is 0 Å². The van der Waals surface area contributed by atoms with Crippen molar-refractivity contribution in [2.45, 2.75) is 32.3 Å². The van der Waals surface area contributed by atoms with E-state index < -0.39 is 0 Å². The highest BCUT2D eigenvalue weighted by Crippen LogP contribution is 2.07. The van der Waals surface area contributed by atoms with E-state index in [0.717, 1.165) is 18.4 Å². The third kappa shape index (κ3) is 3.80. The van der Waals surface area contributed by atoms with Gasteiger partial charge in [-0.25, -0.2) is 0 Å². The van der Waals surface area contributed by atoms with Crippen LogP contribution in [0.25, 0.3) is 0 Å². The Kier molecular flexibility index (Phi) is 4.98. The molecule has 3 heteroatoms. The van der Waals surface area contributed by atoms with Crippen LogP contribution in [0.2, 0.25) is 0 Å². The van der Waals surface area contributed by atoms with Gasteiger partial charge in [-0.15, -0.1) is 0 Å². The summed E-state index contributed by atoms with van der Waals surface area (Å²) in [4.78, 5) is 15.7. The number of ether oxygens (including phenoxy) is 1. The second kappa shape index (κ2) is 6.30. The van der Waals surface area contributed by atoms with Crippen molar-refractivity contribution < 1.29 is 9.53 Å². The first kappa shape index (κ1) is 11.9. The molecule has 0 bridgehead atoms. The molecule has 1 aromatic heterocycles. The van der Waals surface area contributed by atoms with Gasteiger partial charge in [0.05, 0.1) is 0 Å². The molecule has 15 heavy (non-hydrogen) atoms. The Hall–Kier alpha value is -1.22. The summed E-state index contributed by atoms with van der Waals surface area (Å²) in [7, 11) is 1.59. The number of methoxy groups -OCH3 is 1. The molecule has 0 fully saturated rings. The second-order valence-corrected chi connectivity index (χ2v) is 3.51. The monoisotopic (exact) mass is 207 g/mol.